The molecule has 2 unspecified atom stereocenters. The van der Waals surface area contributed by atoms with Crippen molar-refractivity contribution < 1.29 is 24.1 Å². The van der Waals surface area contributed by atoms with Crippen molar-refractivity contribution in [3.8, 4) is 23.0 Å². The number of hydrogen-bond donors (Lipinski definition) is 1. The molecule has 1 N–H and O–H groups in total. The highest BCUT2D eigenvalue weighted by Gasteiger charge is 2.41. The largest absolute Gasteiger partial charge is 0.493 e. The van der Waals surface area contributed by atoms with E-state index in [1.54, 1.807) is 14.2 Å². The Morgan fingerprint density at radius 1 is 1.11 bits per heavy atom. The minimum atomic E-state index is -0.0274. The highest BCUT2D eigenvalue weighted by Crippen LogP contribution is 2.51. The Hall–Kier alpha value is -2.44. The third-order valence-corrected chi connectivity index (χ3v) is 6.04. The summed E-state index contributed by atoms with van der Waals surface area (Å²) in [6, 6.07) is 8.29. The van der Waals surface area contributed by atoms with Crippen LogP contribution in [0, 0.1) is 0 Å². The molecule has 6 nitrogen and oxygen atoms in total. The Kier molecular flexibility index (Phi) is 3.91. The van der Waals surface area contributed by atoms with Gasteiger partial charge in [-0.3, -0.25) is 4.90 Å². The summed E-state index contributed by atoms with van der Waals surface area (Å²) >= 11 is 0. The zero-order chi connectivity index (χ0) is 18.5. The Labute approximate surface area is 158 Å². The summed E-state index contributed by atoms with van der Waals surface area (Å²) in [5.41, 5.74) is 4.76. The number of rotatable bonds is 3. The third kappa shape index (κ3) is 2.40. The number of benzene rings is 2. The zero-order valence-electron chi connectivity index (χ0n) is 15.5. The van der Waals surface area contributed by atoms with Gasteiger partial charge in [0.25, 0.3) is 0 Å². The fraction of sp³-hybridized carbons (Fsp3) is 0.429. The molecule has 3 aliphatic heterocycles. The summed E-state index contributed by atoms with van der Waals surface area (Å²) in [7, 11) is 3.32. The monoisotopic (exact) mass is 369 g/mol. The van der Waals surface area contributed by atoms with Gasteiger partial charge in [0.2, 0.25) is 6.79 Å². The lowest BCUT2D eigenvalue weighted by Crippen LogP contribution is -2.42. The molecule has 2 aromatic rings. The Morgan fingerprint density at radius 2 is 1.93 bits per heavy atom. The average molecular weight is 369 g/mol. The van der Waals surface area contributed by atoms with Crippen LogP contribution in [0.3, 0.4) is 0 Å². The number of fused-ring (bicyclic) bond motifs is 6. The second-order valence-corrected chi connectivity index (χ2v) is 7.23. The quantitative estimate of drug-likeness (QED) is 0.898. The molecule has 2 aromatic carbocycles. The summed E-state index contributed by atoms with van der Waals surface area (Å²) < 4.78 is 22.3. The smallest absolute Gasteiger partial charge is 0.231 e. The van der Waals surface area contributed by atoms with Crippen molar-refractivity contribution in [2.45, 2.75) is 24.9 Å². The van der Waals surface area contributed by atoms with Gasteiger partial charge in [0.15, 0.2) is 23.0 Å². The fourth-order valence-electron chi connectivity index (χ4n) is 4.80. The molecule has 0 bridgehead atoms. The molecule has 6 heteroatoms. The molecule has 0 spiro atoms. The van der Waals surface area contributed by atoms with Crippen molar-refractivity contribution in [3.05, 3.63) is 46.5 Å². The molecule has 0 saturated heterocycles. The maximum Gasteiger partial charge on any atom is 0.231 e. The maximum absolute atomic E-state index is 10.3. The van der Waals surface area contributed by atoms with Gasteiger partial charge in [-0.2, -0.15) is 0 Å². The highest BCUT2D eigenvalue weighted by atomic mass is 16.7. The third-order valence-electron chi connectivity index (χ3n) is 6.04. The van der Waals surface area contributed by atoms with Gasteiger partial charge in [0, 0.05) is 30.6 Å². The maximum atomic E-state index is 10.3. The predicted molar refractivity (Wildman–Crippen MR) is 98.8 cm³/mol. The molecular weight excluding hydrogens is 346 g/mol. The first-order valence-corrected chi connectivity index (χ1v) is 9.26. The van der Waals surface area contributed by atoms with Crippen LogP contribution >= 0.6 is 0 Å². The standard InChI is InChI=1S/C21H23NO5/c1-24-18-7-12-5-6-22-9-15-13(3-4-17-21(15)27-11-26-17)16(10-23)20(22)14(12)8-19(18)25-2/h3-4,7-8,16,20,23H,5-6,9-11H2,1-2H3. The fourth-order valence-corrected chi connectivity index (χ4v) is 4.80. The molecule has 0 fully saturated rings. The predicted octanol–water partition coefficient (Wildman–Crippen LogP) is 2.62. The molecule has 2 atom stereocenters. The van der Waals surface area contributed by atoms with Crippen molar-refractivity contribution in [2.24, 2.45) is 0 Å². The van der Waals surface area contributed by atoms with Crippen LogP contribution in [0.4, 0.5) is 0 Å². The molecule has 0 aliphatic carbocycles. The summed E-state index contributed by atoms with van der Waals surface area (Å²) in [6.45, 7) is 2.05. The van der Waals surface area contributed by atoms with E-state index < -0.39 is 0 Å². The first-order valence-electron chi connectivity index (χ1n) is 9.26. The number of aliphatic hydroxyl groups is 1. The van der Waals surface area contributed by atoms with Crippen LogP contribution in [-0.4, -0.2) is 44.2 Å². The Balaban J connectivity index is 1.64. The molecule has 0 amide bonds. The van der Waals surface area contributed by atoms with Crippen LogP contribution in [0.25, 0.3) is 0 Å². The van der Waals surface area contributed by atoms with Crippen molar-refractivity contribution in [1.29, 1.82) is 0 Å². The topological polar surface area (TPSA) is 60.4 Å². The summed E-state index contributed by atoms with van der Waals surface area (Å²) in [5.74, 6) is 3.09. The van der Waals surface area contributed by atoms with Gasteiger partial charge in [-0.05, 0) is 41.3 Å². The first-order chi connectivity index (χ1) is 13.2. The van der Waals surface area contributed by atoms with Gasteiger partial charge in [-0.15, -0.1) is 0 Å². The molecule has 142 valence electrons. The van der Waals surface area contributed by atoms with E-state index in [9.17, 15) is 5.11 Å². The van der Waals surface area contributed by atoms with E-state index in [0.29, 0.717) is 0 Å². The molecule has 3 heterocycles. The normalized spacial score (nSPS) is 22.6. The highest BCUT2D eigenvalue weighted by molar-refractivity contribution is 5.57. The van der Waals surface area contributed by atoms with E-state index in [4.69, 9.17) is 18.9 Å². The van der Waals surface area contributed by atoms with E-state index in [1.807, 2.05) is 6.07 Å². The van der Waals surface area contributed by atoms with E-state index >= 15 is 0 Å². The van der Waals surface area contributed by atoms with Gasteiger partial charge < -0.3 is 24.1 Å². The molecule has 3 aliphatic rings. The Bertz CT molecular complexity index is 897. The molecule has 0 saturated carbocycles. The summed E-state index contributed by atoms with van der Waals surface area (Å²) in [5, 5.41) is 10.3. The van der Waals surface area contributed by atoms with Crippen LogP contribution in [0.5, 0.6) is 23.0 Å². The van der Waals surface area contributed by atoms with Gasteiger partial charge in [-0.1, -0.05) is 6.07 Å². The second kappa shape index (κ2) is 6.32. The van der Waals surface area contributed by atoms with Crippen molar-refractivity contribution in [2.75, 3.05) is 34.2 Å². The molecular formula is C21H23NO5. The molecule has 0 radical (unpaired) electrons. The number of nitrogens with zero attached hydrogens (tertiary/aromatic N) is 1. The van der Waals surface area contributed by atoms with Gasteiger partial charge in [-0.25, -0.2) is 0 Å². The SMILES string of the molecule is COc1cc2c(cc1OC)C1C(CO)c3ccc4c(c3CN1CC2)OCO4. The van der Waals surface area contributed by atoms with Crippen LogP contribution in [0.2, 0.25) is 0 Å². The van der Waals surface area contributed by atoms with Crippen LogP contribution in [-0.2, 0) is 13.0 Å². The number of aliphatic hydroxyl groups excluding tert-OH is 1. The molecule has 0 aromatic heterocycles. The lowest BCUT2D eigenvalue weighted by atomic mass is 9.76. The van der Waals surface area contributed by atoms with Gasteiger partial charge in [0.05, 0.1) is 20.8 Å². The lowest BCUT2D eigenvalue weighted by molar-refractivity contribution is 0.0994. The lowest BCUT2D eigenvalue weighted by Gasteiger charge is -2.46. The molecule has 5 rings (SSSR count). The van der Waals surface area contributed by atoms with Gasteiger partial charge in [0.1, 0.15) is 0 Å². The zero-order valence-corrected chi connectivity index (χ0v) is 15.5. The second-order valence-electron chi connectivity index (χ2n) is 7.23. The number of ether oxygens (including phenoxy) is 4. The molecule has 27 heavy (non-hydrogen) atoms. The first kappa shape index (κ1) is 16.7. The van der Waals surface area contributed by atoms with Crippen LogP contribution in [0.15, 0.2) is 24.3 Å². The summed E-state index contributed by atoms with van der Waals surface area (Å²) in [4.78, 5) is 2.43. The van der Waals surface area contributed by atoms with Crippen LogP contribution in [0.1, 0.15) is 34.2 Å². The van der Waals surface area contributed by atoms with Crippen molar-refractivity contribution in [3.63, 3.8) is 0 Å². The minimum Gasteiger partial charge on any atom is -0.493 e. The number of methoxy groups -OCH3 is 2. The summed E-state index contributed by atoms with van der Waals surface area (Å²) in [6.07, 6.45) is 0.937. The van der Waals surface area contributed by atoms with Crippen molar-refractivity contribution >= 4 is 0 Å². The van der Waals surface area contributed by atoms with E-state index in [2.05, 4.69) is 23.1 Å². The Morgan fingerprint density at radius 3 is 2.70 bits per heavy atom. The van der Waals surface area contributed by atoms with Crippen molar-refractivity contribution in [1.82, 2.24) is 4.90 Å². The number of hydrogen-bond acceptors (Lipinski definition) is 6. The minimum absolute atomic E-state index is 0.0274. The average Bonchev–Trinajstić information content (AvgIpc) is 3.20. The van der Waals surface area contributed by atoms with E-state index in [0.717, 1.165) is 53.6 Å². The van der Waals surface area contributed by atoms with E-state index in [1.165, 1.54) is 11.1 Å². The van der Waals surface area contributed by atoms with E-state index in [-0.39, 0.29) is 25.4 Å². The van der Waals surface area contributed by atoms with Gasteiger partial charge >= 0.3 is 0 Å². The van der Waals surface area contributed by atoms with Crippen LogP contribution < -0.4 is 18.9 Å².